The molecule has 1 aliphatic carbocycles. The second-order valence-corrected chi connectivity index (χ2v) is 7.08. The molecule has 0 saturated carbocycles. The van der Waals surface area contributed by atoms with Crippen molar-refractivity contribution >= 4 is 18.9 Å². The first-order chi connectivity index (χ1) is 13.5. The van der Waals surface area contributed by atoms with E-state index in [0.717, 1.165) is 36.8 Å². The molecule has 146 valence electrons. The van der Waals surface area contributed by atoms with Crippen molar-refractivity contribution in [2.24, 2.45) is 0 Å². The number of nitrogens with one attached hydrogen (secondary N) is 2. The van der Waals surface area contributed by atoms with Crippen LogP contribution >= 0.6 is 0 Å². The second kappa shape index (κ2) is 9.53. The van der Waals surface area contributed by atoms with E-state index in [1.807, 2.05) is 42.5 Å². The van der Waals surface area contributed by atoms with Gasteiger partial charge in [-0.1, -0.05) is 42.5 Å². The fraction of sp³-hybridized carbons (Fsp3) is 0.333. The Kier molecular flexibility index (Phi) is 6.84. The van der Waals surface area contributed by atoms with E-state index in [-0.39, 0.29) is 24.7 Å². The number of hydrogen-bond donors (Lipinski definition) is 4. The van der Waals surface area contributed by atoms with Gasteiger partial charge in [-0.05, 0) is 48.4 Å². The number of aryl methyl sites for hydroxylation is 1. The third-order valence-corrected chi connectivity index (χ3v) is 5.02. The summed E-state index contributed by atoms with van der Waals surface area (Å²) in [6.45, 7) is 0. The highest BCUT2D eigenvalue weighted by Crippen LogP contribution is 2.25. The van der Waals surface area contributed by atoms with Gasteiger partial charge >= 0.3 is 7.12 Å². The van der Waals surface area contributed by atoms with Gasteiger partial charge in [0, 0.05) is 5.56 Å². The van der Waals surface area contributed by atoms with E-state index in [0.29, 0.717) is 5.56 Å². The first kappa shape index (κ1) is 20.1. The highest BCUT2D eigenvalue weighted by molar-refractivity contribution is 6.41. The highest BCUT2D eigenvalue weighted by atomic mass is 16.4. The van der Waals surface area contributed by atoms with Crippen molar-refractivity contribution in [2.45, 2.75) is 38.1 Å². The van der Waals surface area contributed by atoms with Crippen LogP contribution in [0.15, 0.2) is 48.5 Å². The molecule has 0 fully saturated rings. The second-order valence-electron chi connectivity index (χ2n) is 7.08. The van der Waals surface area contributed by atoms with Crippen molar-refractivity contribution in [2.75, 3.05) is 6.44 Å². The number of carbonyl (C=O) groups excluding carboxylic acids is 2. The minimum absolute atomic E-state index is 0.0114. The quantitative estimate of drug-likeness (QED) is 0.548. The topological polar surface area (TPSA) is 98.7 Å². The standard InChI is InChI=1S/C21H25BN2O4/c25-20(23-14-22(27)28)13-19(16-8-2-1-3-9-16)24-21(26)18-12-6-10-15-7-4-5-11-17(15)18/h1-3,6,8-10,12,19,27-28H,4-5,7,11,13-14H2,(H,23,25)(H,24,26). The largest absolute Gasteiger partial charge is 0.472 e. The van der Waals surface area contributed by atoms with Crippen molar-refractivity contribution in [1.29, 1.82) is 0 Å². The first-order valence-electron chi connectivity index (χ1n) is 9.64. The average Bonchev–Trinajstić information content (AvgIpc) is 2.72. The van der Waals surface area contributed by atoms with Crippen molar-refractivity contribution in [1.82, 2.24) is 10.6 Å². The van der Waals surface area contributed by atoms with E-state index >= 15 is 0 Å². The maximum atomic E-state index is 13.0. The van der Waals surface area contributed by atoms with Gasteiger partial charge < -0.3 is 20.7 Å². The summed E-state index contributed by atoms with van der Waals surface area (Å²) in [6, 6.07) is 14.6. The molecule has 0 radical (unpaired) electrons. The molecule has 1 unspecified atom stereocenters. The molecule has 0 aliphatic heterocycles. The third-order valence-electron chi connectivity index (χ3n) is 5.02. The van der Waals surface area contributed by atoms with Gasteiger partial charge in [0.2, 0.25) is 5.91 Å². The van der Waals surface area contributed by atoms with Crippen LogP contribution in [0.1, 0.15) is 52.4 Å². The van der Waals surface area contributed by atoms with Crippen LogP contribution in [0.4, 0.5) is 0 Å². The van der Waals surface area contributed by atoms with Crippen LogP contribution < -0.4 is 10.6 Å². The Bertz CT molecular complexity index is 826. The molecule has 0 bridgehead atoms. The molecule has 2 aromatic carbocycles. The highest BCUT2D eigenvalue weighted by Gasteiger charge is 2.23. The van der Waals surface area contributed by atoms with Gasteiger partial charge in [-0.15, -0.1) is 0 Å². The van der Waals surface area contributed by atoms with Gasteiger partial charge in [0.25, 0.3) is 5.91 Å². The molecular weight excluding hydrogens is 355 g/mol. The van der Waals surface area contributed by atoms with Crippen LogP contribution in [0.25, 0.3) is 0 Å². The van der Waals surface area contributed by atoms with Gasteiger partial charge in [-0.3, -0.25) is 9.59 Å². The summed E-state index contributed by atoms with van der Waals surface area (Å²) < 4.78 is 0. The Morgan fingerprint density at radius 2 is 1.75 bits per heavy atom. The normalized spacial score (nSPS) is 13.9. The van der Waals surface area contributed by atoms with Crippen LogP contribution in [0.2, 0.25) is 0 Å². The fourth-order valence-corrected chi connectivity index (χ4v) is 3.63. The number of hydrogen-bond acceptors (Lipinski definition) is 4. The first-order valence-corrected chi connectivity index (χ1v) is 9.64. The zero-order chi connectivity index (χ0) is 19.9. The Labute approximate surface area is 165 Å². The smallest absolute Gasteiger partial charge is 0.426 e. The molecule has 3 rings (SSSR count). The van der Waals surface area contributed by atoms with Crippen LogP contribution in [0.3, 0.4) is 0 Å². The maximum absolute atomic E-state index is 13.0. The van der Waals surface area contributed by atoms with Gasteiger partial charge in [0.1, 0.15) is 0 Å². The molecule has 0 saturated heterocycles. The molecule has 0 heterocycles. The van der Waals surface area contributed by atoms with Crippen LogP contribution in [-0.4, -0.2) is 35.4 Å². The molecule has 7 heteroatoms. The molecular formula is C21H25BN2O4. The van der Waals surface area contributed by atoms with Crippen LogP contribution in [-0.2, 0) is 17.6 Å². The summed E-state index contributed by atoms with van der Waals surface area (Å²) in [4.78, 5) is 25.2. The lowest BCUT2D eigenvalue weighted by Crippen LogP contribution is -2.38. The monoisotopic (exact) mass is 380 g/mol. The minimum Gasteiger partial charge on any atom is -0.426 e. The molecule has 0 spiro atoms. The Morgan fingerprint density at radius 3 is 2.50 bits per heavy atom. The minimum atomic E-state index is -1.61. The van der Waals surface area contributed by atoms with Gasteiger partial charge in [-0.25, -0.2) is 0 Å². The maximum Gasteiger partial charge on any atom is 0.472 e. The molecule has 6 nitrogen and oxygen atoms in total. The van der Waals surface area contributed by atoms with Gasteiger partial charge in [0.05, 0.1) is 18.9 Å². The van der Waals surface area contributed by atoms with Gasteiger partial charge in [0.15, 0.2) is 0 Å². The fourth-order valence-electron chi connectivity index (χ4n) is 3.63. The molecule has 2 aromatic rings. The predicted octanol–water partition coefficient (Wildman–Crippen LogP) is 1.55. The van der Waals surface area contributed by atoms with E-state index in [1.165, 1.54) is 5.56 Å². The SMILES string of the molecule is O=C(CC(NC(=O)c1cccc2c1CCCC2)c1ccccc1)NCB(O)O. The molecule has 1 aliphatic rings. The lowest BCUT2D eigenvalue weighted by molar-refractivity contribution is -0.121. The molecule has 0 aromatic heterocycles. The Morgan fingerprint density at radius 1 is 1.00 bits per heavy atom. The lowest BCUT2D eigenvalue weighted by atomic mass is 9.88. The van der Waals surface area contributed by atoms with Crippen molar-refractivity contribution in [3.63, 3.8) is 0 Å². The molecule has 1 atom stereocenters. The molecule has 2 amide bonds. The van der Waals surface area contributed by atoms with E-state index in [1.54, 1.807) is 0 Å². The zero-order valence-electron chi connectivity index (χ0n) is 15.7. The predicted molar refractivity (Wildman–Crippen MR) is 108 cm³/mol. The van der Waals surface area contributed by atoms with Crippen molar-refractivity contribution < 1.29 is 19.6 Å². The van der Waals surface area contributed by atoms with Crippen molar-refractivity contribution in [3.8, 4) is 0 Å². The number of fused-ring (bicyclic) bond motifs is 1. The zero-order valence-corrected chi connectivity index (χ0v) is 15.7. The van der Waals surface area contributed by atoms with Crippen molar-refractivity contribution in [3.05, 3.63) is 70.8 Å². The van der Waals surface area contributed by atoms with E-state index in [2.05, 4.69) is 16.7 Å². The summed E-state index contributed by atoms with van der Waals surface area (Å²) in [7, 11) is -1.61. The average molecular weight is 380 g/mol. The summed E-state index contributed by atoms with van der Waals surface area (Å²) in [5, 5.41) is 23.3. The summed E-state index contributed by atoms with van der Waals surface area (Å²) in [6.07, 6.45) is 3.86. The van der Waals surface area contributed by atoms with Crippen LogP contribution in [0, 0.1) is 0 Å². The third kappa shape index (κ3) is 5.21. The van der Waals surface area contributed by atoms with E-state index in [9.17, 15) is 9.59 Å². The summed E-state index contributed by atoms with van der Waals surface area (Å²) >= 11 is 0. The van der Waals surface area contributed by atoms with E-state index < -0.39 is 13.2 Å². The van der Waals surface area contributed by atoms with E-state index in [4.69, 9.17) is 10.0 Å². The number of carbonyl (C=O) groups is 2. The Hall–Kier alpha value is -2.64. The lowest BCUT2D eigenvalue weighted by Gasteiger charge is -2.22. The molecule has 28 heavy (non-hydrogen) atoms. The number of rotatable bonds is 7. The van der Waals surface area contributed by atoms with Gasteiger partial charge in [-0.2, -0.15) is 0 Å². The molecule has 4 N–H and O–H groups in total. The number of benzene rings is 2. The summed E-state index contributed by atoms with van der Waals surface area (Å²) in [5.41, 5.74) is 3.82. The Balaban J connectivity index is 1.78. The summed E-state index contributed by atoms with van der Waals surface area (Å²) in [5.74, 6) is -0.556. The number of amides is 2. The van der Waals surface area contributed by atoms with Crippen LogP contribution in [0.5, 0.6) is 0 Å².